The first-order chi connectivity index (χ1) is 8.99. The third kappa shape index (κ3) is 2.86. The van der Waals surface area contributed by atoms with E-state index in [1.54, 1.807) is 18.2 Å². The highest BCUT2D eigenvalue weighted by Gasteiger charge is 2.32. The maximum atomic E-state index is 11.2. The minimum atomic E-state index is -1.11. The highest BCUT2D eigenvalue weighted by molar-refractivity contribution is 6.63. The van der Waals surface area contributed by atoms with Gasteiger partial charge in [0.1, 0.15) is 6.54 Å². The zero-order chi connectivity index (χ0) is 14.0. The second-order valence-corrected chi connectivity index (χ2v) is 4.16. The van der Waals surface area contributed by atoms with E-state index in [9.17, 15) is 14.6 Å². The molecule has 8 heteroatoms. The number of benzene rings is 1. The van der Waals surface area contributed by atoms with Gasteiger partial charge < -0.3 is 14.8 Å². The summed E-state index contributed by atoms with van der Waals surface area (Å²) < 4.78 is 5.09. The van der Waals surface area contributed by atoms with Crippen LogP contribution in [0.25, 0.3) is 0 Å². The van der Waals surface area contributed by atoms with Gasteiger partial charge in [0.2, 0.25) is 5.91 Å². The number of hydrogen-bond donors (Lipinski definition) is 3. The first kappa shape index (κ1) is 13.4. The smallest absolute Gasteiger partial charge is 0.480 e. The van der Waals surface area contributed by atoms with Crippen LogP contribution in [-0.2, 0) is 20.9 Å². The van der Waals surface area contributed by atoms with Gasteiger partial charge in [-0.3, -0.25) is 20.0 Å². The van der Waals surface area contributed by atoms with E-state index in [0.717, 1.165) is 5.56 Å². The van der Waals surface area contributed by atoms with Gasteiger partial charge >= 0.3 is 13.1 Å². The lowest BCUT2D eigenvalue weighted by atomic mass is 9.78. The fourth-order valence-corrected chi connectivity index (χ4v) is 2.01. The maximum Gasteiger partial charge on any atom is 0.493 e. The molecule has 100 valence electrons. The molecular formula is C11H13BN2O5. The van der Waals surface area contributed by atoms with Crippen molar-refractivity contribution >= 4 is 30.1 Å². The predicted molar refractivity (Wildman–Crippen MR) is 67.6 cm³/mol. The van der Waals surface area contributed by atoms with Crippen LogP contribution in [0.1, 0.15) is 12.5 Å². The fraction of sp³-hybridized carbons (Fsp3) is 0.273. The topological polar surface area (TPSA) is 99.1 Å². The monoisotopic (exact) mass is 264 g/mol. The van der Waals surface area contributed by atoms with Gasteiger partial charge in [-0.25, -0.2) is 0 Å². The Morgan fingerprint density at radius 1 is 1.53 bits per heavy atom. The molecule has 0 saturated carbocycles. The van der Waals surface area contributed by atoms with E-state index in [1.807, 2.05) is 0 Å². The molecule has 7 nitrogen and oxygen atoms in total. The summed E-state index contributed by atoms with van der Waals surface area (Å²) in [6.45, 7) is 1.12. The number of carbonyl (C=O) groups excluding carboxylic acids is 1. The van der Waals surface area contributed by atoms with Gasteiger partial charge in [0.25, 0.3) is 0 Å². The number of carbonyl (C=O) groups is 2. The zero-order valence-corrected chi connectivity index (χ0v) is 10.3. The van der Waals surface area contributed by atoms with E-state index < -0.39 is 25.5 Å². The molecule has 0 unspecified atom stereocenters. The van der Waals surface area contributed by atoms with Gasteiger partial charge in [0, 0.05) is 12.4 Å². The van der Waals surface area contributed by atoms with E-state index in [1.165, 1.54) is 11.9 Å². The first-order valence-corrected chi connectivity index (χ1v) is 5.67. The average molecular weight is 264 g/mol. The van der Waals surface area contributed by atoms with Crippen LogP contribution in [0.15, 0.2) is 18.2 Å². The van der Waals surface area contributed by atoms with E-state index in [-0.39, 0.29) is 6.61 Å². The molecule has 1 aromatic rings. The Labute approximate surface area is 109 Å². The SMILES string of the molecule is CC(=O)NN(CC(=O)O)c1cccc2c1B(O)OC2. The van der Waals surface area contributed by atoms with Gasteiger partial charge in [-0.1, -0.05) is 12.1 Å². The van der Waals surface area contributed by atoms with Crippen LogP contribution in [0.2, 0.25) is 0 Å². The third-order valence-electron chi connectivity index (χ3n) is 2.69. The van der Waals surface area contributed by atoms with Gasteiger partial charge in [-0.15, -0.1) is 0 Å². The number of hydrogen-bond acceptors (Lipinski definition) is 5. The number of nitrogens with zero attached hydrogens (tertiary/aromatic N) is 1. The summed E-state index contributed by atoms with van der Waals surface area (Å²) in [7, 11) is -1.11. The predicted octanol–water partition coefficient (Wildman–Crippen LogP) is -1.15. The van der Waals surface area contributed by atoms with Crippen LogP contribution < -0.4 is 15.9 Å². The molecule has 0 saturated heterocycles. The van der Waals surface area contributed by atoms with Crippen molar-refractivity contribution in [2.45, 2.75) is 13.5 Å². The van der Waals surface area contributed by atoms with E-state index in [2.05, 4.69) is 5.43 Å². The molecule has 3 N–H and O–H groups in total. The molecule has 1 heterocycles. The minimum Gasteiger partial charge on any atom is -0.480 e. The van der Waals surface area contributed by atoms with Gasteiger partial charge in [-0.05, 0) is 11.6 Å². The second kappa shape index (κ2) is 5.29. The highest BCUT2D eigenvalue weighted by atomic mass is 16.5. The molecule has 0 aliphatic carbocycles. The van der Waals surface area contributed by atoms with Crippen LogP contribution in [0.3, 0.4) is 0 Å². The Kier molecular flexibility index (Phi) is 3.73. The summed E-state index contributed by atoms with van der Waals surface area (Å²) in [5.41, 5.74) is 4.09. The van der Waals surface area contributed by atoms with Crippen molar-refractivity contribution in [3.05, 3.63) is 23.8 Å². The molecule has 19 heavy (non-hydrogen) atoms. The molecule has 0 fully saturated rings. The number of rotatable bonds is 4. The van der Waals surface area contributed by atoms with Gasteiger partial charge in [0.05, 0.1) is 12.3 Å². The summed E-state index contributed by atoms with van der Waals surface area (Å²) in [6, 6.07) is 5.11. The van der Waals surface area contributed by atoms with Crippen LogP contribution >= 0.6 is 0 Å². The fourth-order valence-electron chi connectivity index (χ4n) is 2.01. The van der Waals surface area contributed by atoms with Crippen LogP contribution in [-0.4, -0.2) is 35.7 Å². The van der Waals surface area contributed by atoms with Crippen molar-refractivity contribution in [2.75, 3.05) is 11.6 Å². The molecule has 0 spiro atoms. The molecule has 0 bridgehead atoms. The Bertz CT molecular complexity index is 506. The molecule has 1 amide bonds. The average Bonchev–Trinajstić information content (AvgIpc) is 2.69. The summed E-state index contributed by atoms with van der Waals surface area (Å²) in [5, 5.41) is 19.8. The highest BCUT2D eigenvalue weighted by Crippen LogP contribution is 2.18. The largest absolute Gasteiger partial charge is 0.493 e. The van der Waals surface area contributed by atoms with Crippen LogP contribution in [0, 0.1) is 0 Å². The number of carboxylic acids is 1. The maximum absolute atomic E-state index is 11.2. The summed E-state index contributed by atoms with van der Waals surface area (Å²) >= 11 is 0. The zero-order valence-electron chi connectivity index (χ0n) is 10.3. The first-order valence-electron chi connectivity index (χ1n) is 5.67. The number of aliphatic carboxylic acids is 1. The van der Waals surface area contributed by atoms with Crippen LogP contribution in [0.4, 0.5) is 5.69 Å². The minimum absolute atomic E-state index is 0.255. The van der Waals surface area contributed by atoms with Crippen molar-refractivity contribution in [3.63, 3.8) is 0 Å². The van der Waals surface area contributed by atoms with E-state index in [0.29, 0.717) is 11.2 Å². The lowest BCUT2D eigenvalue weighted by molar-refractivity contribution is -0.135. The number of anilines is 1. The number of amides is 1. The molecule has 1 aliphatic rings. The molecular weight excluding hydrogens is 251 g/mol. The molecule has 0 radical (unpaired) electrons. The summed E-state index contributed by atoms with van der Waals surface area (Å²) in [4.78, 5) is 22.0. The standard InChI is InChI=1S/C11H13BN2O5/c1-7(15)13-14(5-10(16)17)9-4-2-3-8-6-19-12(18)11(8)9/h2-4,18H,5-6H2,1H3,(H,13,15)(H,16,17). The van der Waals surface area contributed by atoms with Crippen molar-refractivity contribution in [2.24, 2.45) is 0 Å². The Morgan fingerprint density at radius 3 is 2.89 bits per heavy atom. The lowest BCUT2D eigenvalue weighted by Gasteiger charge is -2.25. The molecule has 2 rings (SSSR count). The quantitative estimate of drug-likeness (QED) is 0.469. The van der Waals surface area contributed by atoms with E-state index in [4.69, 9.17) is 9.76 Å². The Balaban J connectivity index is 2.39. The number of hydrazine groups is 1. The third-order valence-corrected chi connectivity index (χ3v) is 2.69. The Hall–Kier alpha value is -2.06. The summed E-state index contributed by atoms with van der Waals surface area (Å²) in [6.07, 6.45) is 0. The van der Waals surface area contributed by atoms with Gasteiger partial charge in [-0.2, -0.15) is 0 Å². The van der Waals surface area contributed by atoms with Crippen molar-refractivity contribution in [1.82, 2.24) is 5.43 Å². The van der Waals surface area contributed by atoms with E-state index >= 15 is 0 Å². The lowest BCUT2D eigenvalue weighted by Crippen LogP contribution is -2.48. The Morgan fingerprint density at radius 2 is 2.26 bits per heavy atom. The number of carboxylic acid groups (broad SMARTS) is 1. The summed E-state index contributed by atoms with van der Waals surface area (Å²) in [5.74, 6) is -1.49. The second-order valence-electron chi connectivity index (χ2n) is 4.16. The van der Waals surface area contributed by atoms with Crippen molar-refractivity contribution < 1.29 is 24.4 Å². The van der Waals surface area contributed by atoms with Gasteiger partial charge in [0.15, 0.2) is 0 Å². The molecule has 0 atom stereocenters. The normalized spacial score (nSPS) is 13.1. The molecule has 1 aromatic carbocycles. The number of nitrogens with one attached hydrogen (secondary N) is 1. The van der Waals surface area contributed by atoms with Crippen LogP contribution in [0.5, 0.6) is 0 Å². The molecule has 0 aromatic heterocycles. The van der Waals surface area contributed by atoms with Crippen molar-refractivity contribution in [3.8, 4) is 0 Å². The molecule has 1 aliphatic heterocycles. The number of fused-ring (bicyclic) bond motifs is 1. The van der Waals surface area contributed by atoms with Crippen molar-refractivity contribution in [1.29, 1.82) is 0 Å².